The Hall–Kier alpha value is -1.89. The Morgan fingerprint density at radius 1 is 1.68 bits per heavy atom. The van der Waals surface area contributed by atoms with Crippen molar-refractivity contribution in [3.63, 3.8) is 0 Å². The summed E-state index contributed by atoms with van der Waals surface area (Å²) in [6, 6.07) is 0.578. The number of nitrogens with zero attached hydrogens (tertiary/aromatic N) is 3. The van der Waals surface area contributed by atoms with Crippen molar-refractivity contribution in [1.82, 2.24) is 9.88 Å². The molecule has 1 atom stereocenters. The summed E-state index contributed by atoms with van der Waals surface area (Å²) in [5.41, 5.74) is -0.258. The first kappa shape index (κ1) is 15.2. The molecule has 0 bridgehead atoms. The molecule has 1 N–H and O–H groups in total. The van der Waals surface area contributed by atoms with E-state index in [1.165, 1.54) is 17.2 Å². The predicted molar refractivity (Wildman–Crippen MR) is 72.3 cm³/mol. The molecular formula is C11H15ClN4O3. The van der Waals surface area contributed by atoms with Crippen molar-refractivity contribution in [1.29, 1.82) is 0 Å². The Labute approximate surface area is 115 Å². The molecule has 0 radical (unpaired) electrons. The number of pyridine rings is 1. The summed E-state index contributed by atoms with van der Waals surface area (Å²) in [4.78, 5) is 27.5. The molecule has 1 unspecified atom stereocenters. The van der Waals surface area contributed by atoms with Crippen LogP contribution in [0.15, 0.2) is 12.3 Å². The minimum absolute atomic E-state index is 0.0275. The largest absolute Gasteiger partial charge is 0.353 e. The molecule has 19 heavy (non-hydrogen) atoms. The van der Waals surface area contributed by atoms with E-state index in [4.69, 9.17) is 11.6 Å². The highest BCUT2D eigenvalue weighted by Crippen LogP contribution is 2.25. The highest BCUT2D eigenvalue weighted by molar-refractivity contribution is 6.30. The van der Waals surface area contributed by atoms with Crippen molar-refractivity contribution in [2.24, 2.45) is 0 Å². The van der Waals surface area contributed by atoms with E-state index in [9.17, 15) is 14.9 Å². The predicted octanol–water partition coefficient (Wildman–Crippen LogP) is 1.92. The number of halogens is 1. The van der Waals surface area contributed by atoms with Gasteiger partial charge in [0, 0.05) is 25.9 Å². The highest BCUT2D eigenvalue weighted by Gasteiger charge is 2.22. The molecule has 0 aliphatic heterocycles. The fourth-order valence-corrected chi connectivity index (χ4v) is 1.58. The molecule has 0 aliphatic carbocycles. The minimum Gasteiger partial charge on any atom is -0.353 e. The van der Waals surface area contributed by atoms with Crippen molar-refractivity contribution in [3.8, 4) is 0 Å². The van der Waals surface area contributed by atoms with Crippen molar-refractivity contribution in [2.75, 3.05) is 18.9 Å². The molecule has 0 spiro atoms. The lowest BCUT2D eigenvalue weighted by Crippen LogP contribution is -2.39. The Morgan fingerprint density at radius 3 is 2.84 bits per heavy atom. The molecular weight excluding hydrogens is 272 g/mol. The number of hydrogen-bond acceptors (Lipinski definition) is 5. The monoisotopic (exact) mass is 286 g/mol. The zero-order valence-corrected chi connectivity index (χ0v) is 11.6. The van der Waals surface area contributed by atoms with Crippen LogP contribution in [0.3, 0.4) is 0 Å². The van der Waals surface area contributed by atoms with Crippen LogP contribution in [0.2, 0.25) is 5.02 Å². The Bertz CT molecular complexity index is 495. The molecule has 7 nitrogen and oxygen atoms in total. The third-order valence-corrected chi connectivity index (χ3v) is 2.81. The molecule has 1 heterocycles. The maximum Gasteiger partial charge on any atom is 0.312 e. The van der Waals surface area contributed by atoms with E-state index in [1.807, 2.05) is 6.92 Å². The molecule has 0 fully saturated rings. The Kier molecular flexibility index (Phi) is 5.05. The van der Waals surface area contributed by atoms with E-state index in [0.717, 1.165) is 0 Å². The van der Waals surface area contributed by atoms with Gasteiger partial charge in [-0.3, -0.25) is 14.9 Å². The number of hydrogen-bond donors (Lipinski definition) is 1. The fourth-order valence-electron chi connectivity index (χ4n) is 1.43. The number of aromatic nitrogens is 1. The second-order valence-electron chi connectivity index (χ2n) is 4.00. The highest BCUT2D eigenvalue weighted by atomic mass is 35.5. The van der Waals surface area contributed by atoms with Gasteiger partial charge < -0.3 is 10.2 Å². The number of carbonyl (C=O) groups is 1. The van der Waals surface area contributed by atoms with Crippen LogP contribution in [0.25, 0.3) is 0 Å². The van der Waals surface area contributed by atoms with E-state index in [1.54, 1.807) is 14.0 Å². The molecule has 1 rings (SSSR count). The maximum atomic E-state index is 11.9. The van der Waals surface area contributed by atoms with Gasteiger partial charge in [0.25, 0.3) is 0 Å². The number of likely N-dealkylation sites (N-methyl/N-ethyl adjacent to an activating group) is 1. The van der Waals surface area contributed by atoms with Crippen molar-refractivity contribution < 1.29 is 9.72 Å². The standard InChI is InChI=1S/C11H15ClN4O3/c1-4-15(3)11(17)7(2)14-10-9(16(18)19)5-8(12)6-13-10/h5-7H,4H2,1-3H3,(H,13,14). The van der Waals surface area contributed by atoms with Gasteiger partial charge in [0.1, 0.15) is 6.04 Å². The van der Waals surface area contributed by atoms with Crippen LogP contribution >= 0.6 is 11.6 Å². The van der Waals surface area contributed by atoms with Crippen LogP contribution in [0.5, 0.6) is 0 Å². The molecule has 8 heteroatoms. The van der Waals surface area contributed by atoms with Crippen LogP contribution in [0.1, 0.15) is 13.8 Å². The molecule has 0 saturated carbocycles. The zero-order valence-electron chi connectivity index (χ0n) is 10.9. The summed E-state index contributed by atoms with van der Waals surface area (Å²) < 4.78 is 0. The van der Waals surface area contributed by atoms with Gasteiger partial charge in [0.2, 0.25) is 11.7 Å². The first-order chi connectivity index (χ1) is 8.86. The summed E-state index contributed by atoms with van der Waals surface area (Å²) in [5.74, 6) is -0.145. The van der Waals surface area contributed by atoms with Crippen LogP contribution < -0.4 is 5.32 Å². The molecule has 0 saturated heterocycles. The summed E-state index contributed by atoms with van der Waals surface area (Å²) in [6.07, 6.45) is 1.29. The van der Waals surface area contributed by atoms with E-state index in [-0.39, 0.29) is 22.4 Å². The van der Waals surface area contributed by atoms with Crippen molar-refractivity contribution in [3.05, 3.63) is 27.4 Å². The van der Waals surface area contributed by atoms with Crippen molar-refractivity contribution in [2.45, 2.75) is 19.9 Å². The maximum absolute atomic E-state index is 11.9. The van der Waals surface area contributed by atoms with E-state index in [2.05, 4.69) is 10.3 Å². The van der Waals surface area contributed by atoms with E-state index >= 15 is 0 Å². The van der Waals surface area contributed by atoms with Crippen LogP contribution in [-0.2, 0) is 4.79 Å². The van der Waals surface area contributed by atoms with Gasteiger partial charge in [0.15, 0.2) is 0 Å². The molecule has 1 amide bonds. The summed E-state index contributed by atoms with van der Waals surface area (Å²) in [6.45, 7) is 4.02. The molecule has 0 aliphatic rings. The molecule has 104 valence electrons. The van der Waals surface area contributed by atoms with Gasteiger partial charge in [-0.25, -0.2) is 4.98 Å². The van der Waals surface area contributed by atoms with Gasteiger partial charge in [-0.15, -0.1) is 0 Å². The smallest absolute Gasteiger partial charge is 0.312 e. The number of amides is 1. The third-order valence-electron chi connectivity index (χ3n) is 2.61. The normalized spacial score (nSPS) is 11.8. The summed E-state index contributed by atoms with van der Waals surface area (Å²) in [7, 11) is 1.66. The van der Waals surface area contributed by atoms with Gasteiger partial charge in [0.05, 0.1) is 9.95 Å². The molecule has 1 aromatic heterocycles. The number of rotatable bonds is 5. The SMILES string of the molecule is CCN(C)C(=O)C(C)Nc1ncc(Cl)cc1[N+](=O)[O-]. The average Bonchev–Trinajstić information content (AvgIpc) is 2.38. The third kappa shape index (κ3) is 3.78. The lowest BCUT2D eigenvalue weighted by molar-refractivity contribution is -0.384. The lowest BCUT2D eigenvalue weighted by Gasteiger charge is -2.20. The van der Waals surface area contributed by atoms with Gasteiger partial charge in [-0.2, -0.15) is 0 Å². The summed E-state index contributed by atoms with van der Waals surface area (Å²) in [5, 5.41) is 13.8. The first-order valence-corrected chi connectivity index (χ1v) is 6.06. The van der Waals surface area contributed by atoms with Gasteiger partial charge in [-0.1, -0.05) is 11.6 Å². The number of nitro groups is 1. The number of carbonyl (C=O) groups excluding carboxylic acids is 1. The van der Waals surface area contributed by atoms with Gasteiger partial charge >= 0.3 is 5.69 Å². The Morgan fingerprint density at radius 2 is 2.32 bits per heavy atom. The second-order valence-corrected chi connectivity index (χ2v) is 4.43. The topological polar surface area (TPSA) is 88.4 Å². The van der Waals surface area contributed by atoms with Crippen molar-refractivity contribution >= 4 is 29.0 Å². The minimum atomic E-state index is -0.614. The first-order valence-electron chi connectivity index (χ1n) is 5.68. The summed E-state index contributed by atoms with van der Waals surface area (Å²) >= 11 is 5.66. The van der Waals surface area contributed by atoms with Crippen LogP contribution in [-0.4, -0.2) is 40.3 Å². The van der Waals surface area contributed by atoms with Crippen LogP contribution in [0, 0.1) is 10.1 Å². The number of anilines is 1. The number of nitrogens with one attached hydrogen (secondary N) is 1. The lowest BCUT2D eigenvalue weighted by atomic mass is 10.2. The zero-order chi connectivity index (χ0) is 14.6. The van der Waals surface area contributed by atoms with E-state index in [0.29, 0.717) is 6.54 Å². The molecule has 1 aromatic rings. The average molecular weight is 287 g/mol. The Balaban J connectivity index is 2.93. The molecule has 0 aromatic carbocycles. The second kappa shape index (κ2) is 6.33. The van der Waals surface area contributed by atoms with Crippen LogP contribution in [0.4, 0.5) is 11.5 Å². The van der Waals surface area contributed by atoms with Gasteiger partial charge in [-0.05, 0) is 13.8 Å². The quantitative estimate of drug-likeness (QED) is 0.660. The fraction of sp³-hybridized carbons (Fsp3) is 0.455. The van der Waals surface area contributed by atoms with E-state index < -0.39 is 11.0 Å².